The van der Waals surface area contributed by atoms with E-state index in [-0.39, 0.29) is 18.3 Å². The Morgan fingerprint density at radius 2 is 1.31 bits per heavy atom. The quantitative estimate of drug-likeness (QED) is 0.226. The van der Waals surface area contributed by atoms with Crippen molar-refractivity contribution in [3.05, 3.63) is 12.2 Å². The van der Waals surface area contributed by atoms with Crippen LogP contribution in [0.2, 0.25) is 0 Å². The highest BCUT2D eigenvalue weighted by Crippen LogP contribution is 2.09. The highest BCUT2D eigenvalue weighted by molar-refractivity contribution is 5.85. The average Bonchev–Trinajstić information content (AvgIpc) is 2.58. The van der Waals surface area contributed by atoms with Crippen LogP contribution in [0.25, 0.3) is 0 Å². The van der Waals surface area contributed by atoms with Crippen molar-refractivity contribution in [3.63, 3.8) is 0 Å². The third-order valence-electron chi connectivity index (χ3n) is 4.55. The summed E-state index contributed by atoms with van der Waals surface area (Å²) in [6.07, 6.45) is 22.3. The third-order valence-corrected chi connectivity index (χ3v) is 4.55. The molecule has 0 rings (SSSR count). The van der Waals surface area contributed by atoms with E-state index < -0.39 is 0 Å². The highest BCUT2D eigenvalue weighted by Gasteiger charge is 2.00. The molecular weight excluding hydrogens is 344 g/mol. The van der Waals surface area contributed by atoms with Crippen molar-refractivity contribution in [2.24, 2.45) is 0 Å². The summed E-state index contributed by atoms with van der Waals surface area (Å²) in [7, 11) is 4.05. The van der Waals surface area contributed by atoms with Crippen LogP contribution in [0.15, 0.2) is 12.2 Å². The molecule has 0 saturated carbocycles. The number of rotatable bonds is 18. The van der Waals surface area contributed by atoms with E-state index in [0.29, 0.717) is 6.42 Å². The number of carbonyl (C=O) groups excluding carboxylic acids is 1. The maximum Gasteiger partial charge on any atom is 0.220 e. The fraction of sp³-hybridized carbons (Fsp3) is 0.864. The summed E-state index contributed by atoms with van der Waals surface area (Å²) >= 11 is 0. The lowest BCUT2D eigenvalue weighted by atomic mass is 10.1. The van der Waals surface area contributed by atoms with Crippen molar-refractivity contribution >= 4 is 18.3 Å². The monoisotopic (exact) mass is 388 g/mol. The second-order valence-electron chi connectivity index (χ2n) is 7.49. The van der Waals surface area contributed by atoms with Crippen molar-refractivity contribution in [2.45, 2.75) is 96.8 Å². The first-order valence-corrected chi connectivity index (χ1v) is 10.7. The van der Waals surface area contributed by atoms with Crippen LogP contribution in [-0.4, -0.2) is 38.0 Å². The lowest BCUT2D eigenvalue weighted by molar-refractivity contribution is -0.121. The van der Waals surface area contributed by atoms with E-state index in [2.05, 4.69) is 29.3 Å². The van der Waals surface area contributed by atoms with Crippen LogP contribution >= 0.6 is 12.4 Å². The normalized spacial score (nSPS) is 11.1. The van der Waals surface area contributed by atoms with E-state index in [1.807, 2.05) is 14.1 Å². The second-order valence-corrected chi connectivity index (χ2v) is 7.49. The smallest absolute Gasteiger partial charge is 0.220 e. The van der Waals surface area contributed by atoms with Crippen LogP contribution in [0.5, 0.6) is 0 Å². The maximum absolute atomic E-state index is 11.6. The van der Waals surface area contributed by atoms with Gasteiger partial charge in [0.25, 0.3) is 0 Å². The van der Waals surface area contributed by atoms with Crippen molar-refractivity contribution in [3.8, 4) is 0 Å². The summed E-state index contributed by atoms with van der Waals surface area (Å²) < 4.78 is 0. The number of likely N-dealkylation sites (N-methyl/N-ethyl adjacent to an activating group) is 1. The summed E-state index contributed by atoms with van der Waals surface area (Å²) in [6.45, 7) is 3.95. The van der Waals surface area contributed by atoms with E-state index in [1.54, 1.807) is 0 Å². The molecule has 0 atom stereocenters. The van der Waals surface area contributed by atoms with Crippen LogP contribution in [0.3, 0.4) is 0 Å². The van der Waals surface area contributed by atoms with Gasteiger partial charge in [0.1, 0.15) is 0 Å². The predicted molar refractivity (Wildman–Crippen MR) is 118 cm³/mol. The zero-order chi connectivity index (χ0) is 18.6. The third kappa shape index (κ3) is 23.5. The molecule has 0 heterocycles. The molecule has 0 aromatic carbocycles. The second kappa shape index (κ2) is 22.5. The van der Waals surface area contributed by atoms with Crippen molar-refractivity contribution < 1.29 is 4.79 Å². The van der Waals surface area contributed by atoms with E-state index in [0.717, 1.165) is 19.5 Å². The predicted octanol–water partition coefficient (Wildman–Crippen LogP) is 6.12. The van der Waals surface area contributed by atoms with Gasteiger partial charge in [0.05, 0.1) is 0 Å². The molecule has 4 heteroatoms. The first kappa shape index (κ1) is 27.7. The fourth-order valence-corrected chi connectivity index (χ4v) is 2.86. The molecule has 0 aromatic heterocycles. The number of allylic oxidation sites excluding steroid dienone is 2. The van der Waals surface area contributed by atoms with E-state index >= 15 is 0 Å². The molecule has 26 heavy (non-hydrogen) atoms. The average molecular weight is 389 g/mol. The maximum atomic E-state index is 11.6. The van der Waals surface area contributed by atoms with Crippen LogP contribution in [0.4, 0.5) is 0 Å². The number of hydrogen-bond acceptors (Lipinski definition) is 2. The van der Waals surface area contributed by atoms with Gasteiger partial charge in [-0.25, -0.2) is 0 Å². The van der Waals surface area contributed by atoms with Crippen LogP contribution in [-0.2, 0) is 4.79 Å². The van der Waals surface area contributed by atoms with Gasteiger partial charge in [-0.1, -0.05) is 70.4 Å². The molecule has 3 nitrogen and oxygen atoms in total. The Balaban J connectivity index is 0. The van der Waals surface area contributed by atoms with E-state index in [9.17, 15) is 4.79 Å². The SMILES string of the molecule is CCCCCCCC/C=C\CCCCCCCC(=O)NCCN(C)C.Cl. The van der Waals surface area contributed by atoms with E-state index in [4.69, 9.17) is 0 Å². The van der Waals surface area contributed by atoms with E-state index in [1.165, 1.54) is 77.0 Å². The molecule has 0 unspecified atom stereocenters. The summed E-state index contributed by atoms with van der Waals surface area (Å²) in [5.41, 5.74) is 0. The zero-order valence-corrected chi connectivity index (χ0v) is 18.5. The molecule has 0 fully saturated rings. The Morgan fingerprint density at radius 1 is 0.808 bits per heavy atom. The Bertz CT molecular complexity index is 319. The standard InChI is InChI=1S/C22H44N2O.ClH/c1-4-5-6-7-8-9-10-11-12-13-14-15-16-17-18-19-22(25)23-20-21-24(2)3;/h11-12H,4-10,13-21H2,1-3H3,(H,23,25);1H/b12-11-;. The molecular formula is C22H45ClN2O. The van der Waals surface area contributed by atoms with Gasteiger partial charge < -0.3 is 10.2 Å². The molecule has 0 aliphatic carbocycles. The van der Waals surface area contributed by atoms with Crippen molar-refractivity contribution in [1.29, 1.82) is 0 Å². The largest absolute Gasteiger partial charge is 0.355 e. The summed E-state index contributed by atoms with van der Waals surface area (Å²) in [4.78, 5) is 13.7. The zero-order valence-electron chi connectivity index (χ0n) is 17.7. The molecule has 0 aliphatic heterocycles. The highest BCUT2D eigenvalue weighted by atomic mass is 35.5. The molecule has 1 amide bonds. The van der Waals surface area contributed by atoms with Gasteiger partial charge in [-0.15, -0.1) is 12.4 Å². The number of nitrogens with zero attached hydrogens (tertiary/aromatic N) is 1. The minimum absolute atomic E-state index is 0. The van der Waals surface area contributed by atoms with Crippen molar-refractivity contribution in [1.82, 2.24) is 10.2 Å². The number of amides is 1. The lowest BCUT2D eigenvalue weighted by Gasteiger charge is -2.10. The number of hydrogen-bond donors (Lipinski definition) is 1. The van der Waals surface area contributed by atoms with Crippen molar-refractivity contribution in [2.75, 3.05) is 27.2 Å². The minimum atomic E-state index is 0. The van der Waals surface area contributed by atoms with Crippen LogP contribution < -0.4 is 5.32 Å². The number of carbonyl (C=O) groups is 1. The fourth-order valence-electron chi connectivity index (χ4n) is 2.86. The molecule has 0 aliphatic rings. The topological polar surface area (TPSA) is 32.3 Å². The summed E-state index contributed by atoms with van der Waals surface area (Å²) in [5, 5.41) is 2.97. The molecule has 0 spiro atoms. The van der Waals surface area contributed by atoms with Gasteiger partial charge >= 0.3 is 0 Å². The van der Waals surface area contributed by atoms with Gasteiger partial charge in [0.2, 0.25) is 5.91 Å². The number of nitrogens with one attached hydrogen (secondary N) is 1. The first-order valence-electron chi connectivity index (χ1n) is 10.7. The Kier molecular flexibility index (Phi) is 24.0. The Morgan fingerprint density at radius 3 is 1.85 bits per heavy atom. The van der Waals surface area contributed by atoms with Gasteiger partial charge in [0, 0.05) is 19.5 Å². The molecule has 1 N–H and O–H groups in total. The van der Waals surface area contributed by atoms with Crippen LogP contribution in [0.1, 0.15) is 96.8 Å². The number of unbranched alkanes of at least 4 members (excludes halogenated alkanes) is 11. The van der Waals surface area contributed by atoms with Crippen LogP contribution in [0, 0.1) is 0 Å². The molecule has 156 valence electrons. The molecule has 0 saturated heterocycles. The van der Waals surface area contributed by atoms with Gasteiger partial charge in [0.15, 0.2) is 0 Å². The number of halogens is 1. The molecule has 0 radical (unpaired) electrons. The summed E-state index contributed by atoms with van der Waals surface area (Å²) in [5.74, 6) is 0.208. The molecule has 0 bridgehead atoms. The minimum Gasteiger partial charge on any atom is -0.355 e. The van der Waals surface area contributed by atoms with Gasteiger partial charge in [-0.3, -0.25) is 4.79 Å². The van der Waals surface area contributed by atoms with Gasteiger partial charge in [-0.05, 0) is 46.2 Å². The Hall–Kier alpha value is -0.540. The Labute approximate surface area is 169 Å². The first-order chi connectivity index (χ1) is 12.2. The summed E-state index contributed by atoms with van der Waals surface area (Å²) in [6, 6.07) is 0. The lowest BCUT2D eigenvalue weighted by Crippen LogP contribution is -2.31. The molecule has 0 aromatic rings. The van der Waals surface area contributed by atoms with Gasteiger partial charge in [-0.2, -0.15) is 0 Å².